The number of hydrogen-bond donors (Lipinski definition) is 1. The zero-order valence-electron chi connectivity index (χ0n) is 17.1. The molecule has 1 N–H and O–H groups in total. The van der Waals surface area contributed by atoms with Gasteiger partial charge in [-0.2, -0.15) is 0 Å². The van der Waals surface area contributed by atoms with Crippen molar-refractivity contribution in [2.45, 2.75) is 32.2 Å². The highest BCUT2D eigenvalue weighted by Crippen LogP contribution is 2.21. The molecule has 1 saturated heterocycles. The van der Waals surface area contributed by atoms with E-state index in [0.29, 0.717) is 6.04 Å². The van der Waals surface area contributed by atoms with Crippen LogP contribution in [0.3, 0.4) is 0 Å². The molecule has 1 aliphatic rings. The highest BCUT2D eigenvalue weighted by Gasteiger charge is 2.25. The molecular formula is C23H32ClN3O. The molecule has 0 spiro atoms. The Hall–Kier alpha value is -2.04. The number of aryl methyl sites for hydroxylation is 1. The SMILES string of the molecule is CNc1ccc(C(=O)N2CCC(N(C)CCc3ccccc3)CC2)cc1C.Cl. The molecule has 0 aromatic heterocycles. The van der Waals surface area contributed by atoms with Crippen LogP contribution in [0, 0.1) is 6.92 Å². The minimum absolute atomic E-state index is 0. The third kappa shape index (κ3) is 5.49. The molecule has 3 rings (SSSR count). The average Bonchev–Trinajstić information content (AvgIpc) is 2.72. The summed E-state index contributed by atoms with van der Waals surface area (Å²) in [6, 6.07) is 17.1. The van der Waals surface area contributed by atoms with Gasteiger partial charge in [-0.05, 0) is 62.6 Å². The number of piperidine rings is 1. The van der Waals surface area contributed by atoms with Crippen LogP contribution >= 0.6 is 12.4 Å². The molecule has 4 nitrogen and oxygen atoms in total. The average molecular weight is 402 g/mol. The van der Waals surface area contributed by atoms with Crippen LogP contribution in [0.2, 0.25) is 0 Å². The number of benzene rings is 2. The summed E-state index contributed by atoms with van der Waals surface area (Å²) in [5.74, 6) is 0.158. The van der Waals surface area contributed by atoms with E-state index in [1.165, 1.54) is 5.56 Å². The number of likely N-dealkylation sites (tertiary alicyclic amines) is 1. The molecule has 0 radical (unpaired) electrons. The summed E-state index contributed by atoms with van der Waals surface area (Å²) < 4.78 is 0. The first-order valence-corrected chi connectivity index (χ1v) is 9.90. The van der Waals surface area contributed by atoms with Gasteiger partial charge < -0.3 is 15.1 Å². The molecule has 0 bridgehead atoms. The van der Waals surface area contributed by atoms with E-state index in [1.807, 2.05) is 37.1 Å². The van der Waals surface area contributed by atoms with Gasteiger partial charge in [0.05, 0.1) is 0 Å². The fraction of sp³-hybridized carbons (Fsp3) is 0.435. The van der Waals surface area contributed by atoms with Crippen LogP contribution in [0.5, 0.6) is 0 Å². The molecule has 28 heavy (non-hydrogen) atoms. The molecule has 0 unspecified atom stereocenters. The largest absolute Gasteiger partial charge is 0.388 e. The summed E-state index contributed by atoms with van der Waals surface area (Å²) >= 11 is 0. The van der Waals surface area contributed by atoms with Crippen molar-refractivity contribution in [3.63, 3.8) is 0 Å². The first-order valence-electron chi connectivity index (χ1n) is 9.90. The van der Waals surface area contributed by atoms with Gasteiger partial charge in [-0.15, -0.1) is 12.4 Å². The van der Waals surface area contributed by atoms with Crippen LogP contribution in [0.25, 0.3) is 0 Å². The van der Waals surface area contributed by atoms with Crippen LogP contribution in [0.15, 0.2) is 48.5 Å². The van der Waals surface area contributed by atoms with Gasteiger partial charge in [0.15, 0.2) is 0 Å². The van der Waals surface area contributed by atoms with E-state index >= 15 is 0 Å². The molecule has 2 aromatic rings. The highest BCUT2D eigenvalue weighted by molar-refractivity contribution is 5.95. The van der Waals surface area contributed by atoms with E-state index in [1.54, 1.807) is 0 Å². The lowest BCUT2D eigenvalue weighted by molar-refractivity contribution is 0.0647. The van der Waals surface area contributed by atoms with Gasteiger partial charge in [-0.3, -0.25) is 4.79 Å². The number of halogens is 1. The Bertz CT molecular complexity index is 758. The maximum atomic E-state index is 12.8. The number of rotatable bonds is 6. The Balaban J connectivity index is 0.00000280. The zero-order valence-corrected chi connectivity index (χ0v) is 18.0. The second-order valence-electron chi connectivity index (χ2n) is 7.52. The van der Waals surface area contributed by atoms with Crippen molar-refractivity contribution in [3.8, 4) is 0 Å². The van der Waals surface area contributed by atoms with E-state index < -0.39 is 0 Å². The van der Waals surface area contributed by atoms with Crippen LogP contribution in [0.1, 0.15) is 34.3 Å². The number of hydrogen-bond acceptors (Lipinski definition) is 3. The predicted molar refractivity (Wildman–Crippen MR) is 120 cm³/mol. The summed E-state index contributed by atoms with van der Waals surface area (Å²) in [5, 5.41) is 3.15. The number of nitrogens with one attached hydrogen (secondary N) is 1. The van der Waals surface area contributed by atoms with Gasteiger partial charge in [0, 0.05) is 44.0 Å². The van der Waals surface area contributed by atoms with Gasteiger partial charge in [-0.25, -0.2) is 0 Å². The van der Waals surface area contributed by atoms with Crippen molar-refractivity contribution in [3.05, 3.63) is 65.2 Å². The minimum atomic E-state index is 0. The molecule has 2 aromatic carbocycles. The Kier molecular flexibility index (Phi) is 8.34. The van der Waals surface area contributed by atoms with Gasteiger partial charge in [-0.1, -0.05) is 30.3 Å². The lowest BCUT2D eigenvalue weighted by atomic mass is 10.0. The molecular weight excluding hydrogens is 370 g/mol. The summed E-state index contributed by atoms with van der Waals surface area (Å²) in [5.41, 5.74) is 4.36. The highest BCUT2D eigenvalue weighted by atomic mass is 35.5. The maximum absolute atomic E-state index is 12.8. The zero-order chi connectivity index (χ0) is 19.2. The normalized spacial score (nSPS) is 14.6. The number of carbonyl (C=O) groups is 1. The quantitative estimate of drug-likeness (QED) is 0.786. The fourth-order valence-corrected chi connectivity index (χ4v) is 3.90. The first-order chi connectivity index (χ1) is 13.1. The lowest BCUT2D eigenvalue weighted by Gasteiger charge is -2.37. The van der Waals surface area contributed by atoms with Crippen LogP contribution in [0.4, 0.5) is 5.69 Å². The van der Waals surface area contributed by atoms with E-state index in [2.05, 4.69) is 47.6 Å². The van der Waals surface area contributed by atoms with Crippen LogP contribution in [-0.2, 0) is 6.42 Å². The van der Waals surface area contributed by atoms with E-state index in [0.717, 1.165) is 55.7 Å². The Morgan fingerprint density at radius 3 is 2.43 bits per heavy atom. The molecule has 0 atom stereocenters. The predicted octanol–water partition coefficient (Wildman–Crippen LogP) is 4.24. The Labute approximate surface area is 175 Å². The smallest absolute Gasteiger partial charge is 0.253 e. The lowest BCUT2D eigenvalue weighted by Crippen LogP contribution is -2.46. The summed E-state index contributed by atoms with van der Waals surface area (Å²) in [4.78, 5) is 17.3. The number of amides is 1. The summed E-state index contributed by atoms with van der Waals surface area (Å²) in [7, 11) is 4.12. The third-order valence-corrected chi connectivity index (χ3v) is 5.71. The van der Waals surface area contributed by atoms with Crippen LogP contribution in [-0.4, -0.2) is 55.5 Å². The van der Waals surface area contributed by atoms with Gasteiger partial charge in [0.25, 0.3) is 5.91 Å². The molecule has 1 heterocycles. The van der Waals surface area contributed by atoms with Crippen molar-refractivity contribution in [1.29, 1.82) is 0 Å². The van der Waals surface area contributed by atoms with Gasteiger partial charge in [0.2, 0.25) is 0 Å². The van der Waals surface area contributed by atoms with E-state index in [-0.39, 0.29) is 18.3 Å². The van der Waals surface area contributed by atoms with Crippen molar-refractivity contribution >= 4 is 24.0 Å². The molecule has 1 aliphatic heterocycles. The van der Waals surface area contributed by atoms with Crippen molar-refractivity contribution < 1.29 is 4.79 Å². The number of likely N-dealkylation sites (N-methyl/N-ethyl adjacent to an activating group) is 1. The molecule has 1 amide bonds. The second kappa shape index (κ2) is 10.5. The first kappa shape index (κ1) is 22.3. The fourth-order valence-electron chi connectivity index (χ4n) is 3.90. The minimum Gasteiger partial charge on any atom is -0.388 e. The number of carbonyl (C=O) groups excluding carboxylic acids is 1. The second-order valence-corrected chi connectivity index (χ2v) is 7.52. The third-order valence-electron chi connectivity index (χ3n) is 5.71. The van der Waals surface area contributed by atoms with Gasteiger partial charge in [0.1, 0.15) is 0 Å². The standard InChI is InChI=1S/C23H31N3O.ClH/c1-18-17-20(9-10-22(18)24-2)23(27)26-15-12-21(13-16-26)25(3)14-11-19-7-5-4-6-8-19;/h4-10,17,21,24H,11-16H2,1-3H3;1H. The summed E-state index contributed by atoms with van der Waals surface area (Å²) in [6.07, 6.45) is 3.17. The van der Waals surface area contributed by atoms with Crippen molar-refractivity contribution in [2.75, 3.05) is 39.0 Å². The van der Waals surface area contributed by atoms with Crippen molar-refractivity contribution in [2.24, 2.45) is 0 Å². The monoisotopic (exact) mass is 401 g/mol. The Morgan fingerprint density at radius 1 is 1.14 bits per heavy atom. The number of nitrogens with zero attached hydrogens (tertiary/aromatic N) is 2. The molecule has 5 heteroatoms. The molecule has 0 aliphatic carbocycles. The number of anilines is 1. The molecule has 1 fully saturated rings. The van der Waals surface area contributed by atoms with Gasteiger partial charge >= 0.3 is 0 Å². The Morgan fingerprint density at radius 2 is 1.82 bits per heavy atom. The molecule has 152 valence electrons. The van der Waals surface area contributed by atoms with E-state index in [9.17, 15) is 4.79 Å². The maximum Gasteiger partial charge on any atom is 0.253 e. The molecule has 0 saturated carbocycles. The van der Waals surface area contributed by atoms with E-state index in [4.69, 9.17) is 0 Å². The topological polar surface area (TPSA) is 35.6 Å². The van der Waals surface area contributed by atoms with Crippen molar-refractivity contribution in [1.82, 2.24) is 9.80 Å². The van der Waals surface area contributed by atoms with Crippen LogP contribution < -0.4 is 5.32 Å². The summed E-state index contributed by atoms with van der Waals surface area (Å²) in [6.45, 7) is 4.78.